The molecule has 0 fully saturated rings. The van der Waals surface area contributed by atoms with Crippen LogP contribution in [0.1, 0.15) is 52.7 Å². The van der Waals surface area contributed by atoms with E-state index in [2.05, 4.69) is 27.5 Å². The lowest BCUT2D eigenvalue weighted by atomic mass is 10.1. The largest absolute Gasteiger partial charge is 0.347 e. The van der Waals surface area contributed by atoms with Crippen molar-refractivity contribution in [3.63, 3.8) is 0 Å². The number of rotatable bonds is 9. The van der Waals surface area contributed by atoms with Crippen LogP contribution in [0.3, 0.4) is 0 Å². The third-order valence-electron chi connectivity index (χ3n) is 4.02. The van der Waals surface area contributed by atoms with Crippen molar-refractivity contribution in [3.05, 3.63) is 59.4 Å². The molecule has 7 nitrogen and oxygen atoms in total. The van der Waals surface area contributed by atoms with Gasteiger partial charge in [0.2, 0.25) is 0 Å². The molecule has 0 saturated carbocycles. The van der Waals surface area contributed by atoms with Crippen LogP contribution in [0.2, 0.25) is 0 Å². The highest BCUT2D eigenvalue weighted by atomic mass is 19.1. The van der Waals surface area contributed by atoms with Crippen molar-refractivity contribution in [2.24, 2.45) is 5.73 Å². The predicted molar refractivity (Wildman–Crippen MR) is 99.4 cm³/mol. The molecule has 0 aliphatic carbocycles. The standard InChI is InChI=1S/C19H24FN5O2/c1-2-3-4-15(11-21)25-19(27)17-16(22-9-10-23-17)18(26)24-12-13-5-7-14(20)8-6-13/h5-10,15H,2-4,11-12,21H2,1H3,(H,24,26)(H,25,27). The number of nitrogens with zero attached hydrogens (tertiary/aromatic N) is 2. The molecule has 0 radical (unpaired) electrons. The maximum absolute atomic E-state index is 12.9. The normalized spacial score (nSPS) is 11.7. The van der Waals surface area contributed by atoms with Crippen LogP contribution >= 0.6 is 0 Å². The van der Waals surface area contributed by atoms with Crippen LogP contribution < -0.4 is 16.4 Å². The van der Waals surface area contributed by atoms with Gasteiger partial charge in [-0.05, 0) is 24.1 Å². The van der Waals surface area contributed by atoms with E-state index in [1.54, 1.807) is 12.1 Å². The van der Waals surface area contributed by atoms with E-state index in [-0.39, 0.29) is 29.8 Å². The molecule has 1 aromatic heterocycles. The summed E-state index contributed by atoms with van der Waals surface area (Å²) >= 11 is 0. The highest BCUT2D eigenvalue weighted by Crippen LogP contribution is 2.07. The summed E-state index contributed by atoms with van der Waals surface area (Å²) in [4.78, 5) is 33.0. The van der Waals surface area contributed by atoms with Crippen LogP contribution in [0.5, 0.6) is 0 Å². The fourth-order valence-corrected chi connectivity index (χ4v) is 2.49. The molecule has 0 aliphatic heterocycles. The molecule has 2 rings (SSSR count). The molecular formula is C19H24FN5O2. The number of benzene rings is 1. The predicted octanol–water partition coefficient (Wildman–Crippen LogP) is 1.79. The fraction of sp³-hybridized carbons (Fsp3) is 0.368. The van der Waals surface area contributed by atoms with Crippen molar-refractivity contribution in [2.75, 3.05) is 6.54 Å². The van der Waals surface area contributed by atoms with Gasteiger partial charge in [0.25, 0.3) is 11.8 Å². The summed E-state index contributed by atoms with van der Waals surface area (Å²) in [6.45, 7) is 2.54. The Bertz CT molecular complexity index is 767. The first-order valence-electron chi connectivity index (χ1n) is 8.89. The monoisotopic (exact) mass is 373 g/mol. The van der Waals surface area contributed by atoms with E-state index in [1.807, 2.05) is 0 Å². The molecule has 1 unspecified atom stereocenters. The maximum Gasteiger partial charge on any atom is 0.272 e. The van der Waals surface area contributed by atoms with Gasteiger partial charge < -0.3 is 16.4 Å². The first kappa shape index (κ1) is 20.4. The molecule has 0 bridgehead atoms. The zero-order valence-electron chi connectivity index (χ0n) is 15.2. The second-order valence-corrected chi connectivity index (χ2v) is 6.11. The summed E-state index contributed by atoms with van der Waals surface area (Å²) in [6, 6.07) is 5.58. The van der Waals surface area contributed by atoms with Gasteiger partial charge in [-0.2, -0.15) is 0 Å². The first-order chi connectivity index (χ1) is 13.0. The highest BCUT2D eigenvalue weighted by molar-refractivity contribution is 6.04. The van der Waals surface area contributed by atoms with Gasteiger partial charge in [-0.3, -0.25) is 9.59 Å². The molecule has 0 spiro atoms. The number of aromatic nitrogens is 2. The lowest BCUT2D eigenvalue weighted by Gasteiger charge is -2.16. The smallest absolute Gasteiger partial charge is 0.272 e. The summed E-state index contributed by atoms with van der Waals surface area (Å²) < 4.78 is 12.9. The van der Waals surface area contributed by atoms with Crippen LogP contribution in [-0.2, 0) is 6.54 Å². The lowest BCUT2D eigenvalue weighted by Crippen LogP contribution is -2.41. The number of hydrogen-bond acceptors (Lipinski definition) is 5. The molecule has 8 heteroatoms. The molecule has 1 heterocycles. The number of hydrogen-bond donors (Lipinski definition) is 3. The Hall–Kier alpha value is -2.87. The Morgan fingerprint density at radius 2 is 1.74 bits per heavy atom. The number of unbranched alkanes of at least 4 members (excludes halogenated alkanes) is 1. The van der Waals surface area contributed by atoms with E-state index >= 15 is 0 Å². The van der Waals surface area contributed by atoms with E-state index in [1.165, 1.54) is 24.5 Å². The van der Waals surface area contributed by atoms with Crippen molar-refractivity contribution in [1.82, 2.24) is 20.6 Å². The van der Waals surface area contributed by atoms with E-state index < -0.39 is 11.8 Å². The molecule has 2 aromatic rings. The SMILES string of the molecule is CCCCC(CN)NC(=O)c1nccnc1C(=O)NCc1ccc(F)cc1. The van der Waals surface area contributed by atoms with Crippen LogP contribution in [0.4, 0.5) is 4.39 Å². The van der Waals surface area contributed by atoms with Crippen molar-refractivity contribution in [3.8, 4) is 0 Å². The average molecular weight is 373 g/mol. The Morgan fingerprint density at radius 3 is 2.33 bits per heavy atom. The van der Waals surface area contributed by atoms with Crippen molar-refractivity contribution >= 4 is 11.8 Å². The second-order valence-electron chi connectivity index (χ2n) is 6.11. The fourth-order valence-electron chi connectivity index (χ4n) is 2.49. The minimum Gasteiger partial charge on any atom is -0.347 e. The topological polar surface area (TPSA) is 110 Å². The molecule has 4 N–H and O–H groups in total. The summed E-state index contributed by atoms with van der Waals surface area (Å²) in [6.07, 6.45) is 5.39. The lowest BCUT2D eigenvalue weighted by molar-refractivity contribution is 0.0899. The number of halogens is 1. The van der Waals surface area contributed by atoms with Gasteiger partial charge in [0, 0.05) is 31.5 Å². The Balaban J connectivity index is 2.05. The summed E-state index contributed by atoms with van der Waals surface area (Å²) in [5.41, 5.74) is 6.31. The maximum atomic E-state index is 12.9. The summed E-state index contributed by atoms with van der Waals surface area (Å²) in [5, 5.41) is 5.47. The zero-order chi connectivity index (χ0) is 19.6. The van der Waals surface area contributed by atoms with Gasteiger partial charge >= 0.3 is 0 Å². The first-order valence-corrected chi connectivity index (χ1v) is 8.89. The molecule has 0 aliphatic rings. The van der Waals surface area contributed by atoms with Crippen LogP contribution in [0, 0.1) is 5.82 Å². The van der Waals surface area contributed by atoms with E-state index in [0.29, 0.717) is 6.54 Å². The number of nitrogens with two attached hydrogens (primary N) is 1. The van der Waals surface area contributed by atoms with Gasteiger partial charge in [-0.25, -0.2) is 14.4 Å². The minimum atomic E-state index is -0.532. The molecule has 1 atom stereocenters. The van der Waals surface area contributed by atoms with Crippen molar-refractivity contribution in [1.29, 1.82) is 0 Å². The van der Waals surface area contributed by atoms with Crippen LogP contribution in [0.25, 0.3) is 0 Å². The zero-order valence-corrected chi connectivity index (χ0v) is 15.2. The Labute approximate surface area is 157 Å². The number of amides is 2. The molecule has 2 amide bonds. The van der Waals surface area contributed by atoms with Gasteiger partial charge in [0.15, 0.2) is 11.4 Å². The minimum absolute atomic E-state index is 0.0518. The quantitative estimate of drug-likeness (QED) is 0.621. The number of nitrogens with one attached hydrogen (secondary N) is 2. The van der Waals surface area contributed by atoms with E-state index in [9.17, 15) is 14.0 Å². The molecular weight excluding hydrogens is 349 g/mol. The molecule has 1 aromatic carbocycles. The van der Waals surface area contributed by atoms with E-state index in [0.717, 1.165) is 24.8 Å². The van der Waals surface area contributed by atoms with Gasteiger partial charge in [-0.15, -0.1) is 0 Å². The Kier molecular flexibility index (Phi) is 7.81. The van der Waals surface area contributed by atoms with Crippen LogP contribution in [-0.4, -0.2) is 34.4 Å². The van der Waals surface area contributed by atoms with Crippen LogP contribution in [0.15, 0.2) is 36.7 Å². The van der Waals surface area contributed by atoms with Crippen molar-refractivity contribution < 1.29 is 14.0 Å². The Morgan fingerprint density at radius 1 is 1.11 bits per heavy atom. The second kappa shape index (κ2) is 10.3. The summed E-state index contributed by atoms with van der Waals surface area (Å²) in [7, 11) is 0. The van der Waals surface area contributed by atoms with Gasteiger partial charge in [-0.1, -0.05) is 31.9 Å². The molecule has 144 valence electrons. The van der Waals surface area contributed by atoms with E-state index in [4.69, 9.17) is 5.73 Å². The average Bonchev–Trinajstić information content (AvgIpc) is 2.70. The third kappa shape index (κ3) is 6.10. The molecule has 27 heavy (non-hydrogen) atoms. The third-order valence-corrected chi connectivity index (χ3v) is 4.02. The van der Waals surface area contributed by atoms with Crippen molar-refractivity contribution in [2.45, 2.75) is 38.8 Å². The van der Waals surface area contributed by atoms with Gasteiger partial charge in [0.1, 0.15) is 5.82 Å². The van der Waals surface area contributed by atoms with Gasteiger partial charge in [0.05, 0.1) is 0 Å². The summed E-state index contributed by atoms with van der Waals surface area (Å²) in [5.74, 6) is -1.37. The highest BCUT2D eigenvalue weighted by Gasteiger charge is 2.21. The number of carbonyl (C=O) groups excluding carboxylic acids is 2. The number of carbonyl (C=O) groups is 2. The molecule has 0 saturated heterocycles.